The molecule has 0 radical (unpaired) electrons. The smallest absolute Gasteiger partial charge is 0.333 e. The molecule has 0 heterocycles. The molecule has 8 heavy (non-hydrogen) atoms. The molecule has 0 aliphatic carbocycles. The maximum absolute atomic E-state index is 11.0. The predicted molar refractivity (Wildman–Crippen MR) is 17.5 cm³/mol. The first-order valence-corrected chi connectivity index (χ1v) is 1.56. The monoisotopic (exact) mass is 130 g/mol. The van der Waals surface area contributed by atoms with Crippen molar-refractivity contribution < 1.29 is 22.7 Å². The molecule has 0 aromatic rings. The third kappa shape index (κ3) is 5.42. The van der Waals surface area contributed by atoms with Crippen molar-refractivity contribution in [3.05, 3.63) is 12.2 Å². The molecule has 0 bridgehead atoms. The first kappa shape index (κ1) is 7.42. The van der Waals surface area contributed by atoms with Crippen LogP contribution in [0.15, 0.2) is 12.2 Å². The molecular formula is C3H2F4O. The third-order valence-electron chi connectivity index (χ3n) is 0.283. The van der Waals surface area contributed by atoms with Gasteiger partial charge < -0.3 is 5.11 Å². The van der Waals surface area contributed by atoms with E-state index < -0.39 is 18.3 Å². The summed E-state index contributed by atoms with van der Waals surface area (Å²) in [5.41, 5.74) is 0. The molecule has 0 rings (SSSR count). The van der Waals surface area contributed by atoms with Crippen LogP contribution in [0.25, 0.3) is 0 Å². The Morgan fingerprint density at radius 3 is 1.75 bits per heavy atom. The fraction of sp³-hybridized carbons (Fsp3) is 0.333. The van der Waals surface area contributed by atoms with Crippen molar-refractivity contribution in [2.24, 2.45) is 0 Å². The van der Waals surface area contributed by atoms with E-state index in [2.05, 4.69) is 0 Å². The minimum atomic E-state index is -4.39. The van der Waals surface area contributed by atoms with Crippen LogP contribution in [-0.4, -0.2) is 11.2 Å². The van der Waals surface area contributed by atoms with E-state index in [9.17, 15) is 17.6 Å². The van der Waals surface area contributed by atoms with Gasteiger partial charge in [0.2, 0.25) is 0 Å². The highest BCUT2D eigenvalue weighted by molar-refractivity contribution is 4.87. The molecule has 0 unspecified atom stereocenters. The van der Waals surface area contributed by atoms with Crippen molar-refractivity contribution in [1.29, 1.82) is 0 Å². The summed E-state index contributed by atoms with van der Waals surface area (Å²) in [4.78, 5) is 0. The zero-order valence-corrected chi connectivity index (χ0v) is 3.54. The largest absolute Gasteiger partial charge is 0.379 e. The number of rotatable bonds is 1. The molecule has 0 aliphatic rings. The summed E-state index contributed by atoms with van der Waals surface area (Å²) >= 11 is 0. The van der Waals surface area contributed by atoms with E-state index in [-0.39, 0.29) is 0 Å². The molecule has 0 saturated carbocycles. The highest BCUT2D eigenvalue weighted by Crippen LogP contribution is 2.13. The van der Waals surface area contributed by atoms with Crippen LogP contribution >= 0.6 is 0 Å². The van der Waals surface area contributed by atoms with E-state index >= 15 is 0 Å². The molecule has 1 nitrogen and oxygen atoms in total. The van der Waals surface area contributed by atoms with Crippen LogP contribution in [0.4, 0.5) is 17.6 Å². The van der Waals surface area contributed by atoms with Crippen LogP contribution in [0.5, 0.6) is 0 Å². The Kier molecular flexibility index (Phi) is 1.97. The van der Waals surface area contributed by atoms with Gasteiger partial charge in [0.05, 0.1) is 6.08 Å². The highest BCUT2D eigenvalue weighted by atomic mass is 19.3. The Bertz CT molecular complexity index is 98.3. The Morgan fingerprint density at radius 2 is 1.75 bits per heavy atom. The number of hydrogen-bond acceptors (Lipinski definition) is 1. The summed E-state index contributed by atoms with van der Waals surface area (Å²) in [6.45, 7) is 0. The van der Waals surface area contributed by atoms with Gasteiger partial charge in [-0.1, -0.05) is 0 Å². The fourth-order valence-corrected chi connectivity index (χ4v) is 0.131. The second-order valence-corrected chi connectivity index (χ2v) is 1.02. The third-order valence-corrected chi connectivity index (χ3v) is 0.283. The summed E-state index contributed by atoms with van der Waals surface area (Å²) in [7, 11) is 0. The number of halogens is 4. The van der Waals surface area contributed by atoms with Crippen molar-refractivity contribution in [2.75, 3.05) is 0 Å². The second-order valence-electron chi connectivity index (χ2n) is 1.02. The number of hydrogen-bond donors (Lipinski definition) is 1. The van der Waals surface area contributed by atoms with Gasteiger partial charge in [-0.15, -0.1) is 0 Å². The minimum Gasteiger partial charge on any atom is -0.333 e. The van der Waals surface area contributed by atoms with Gasteiger partial charge in [0, 0.05) is 0 Å². The summed E-state index contributed by atoms with van der Waals surface area (Å²) in [6, 6.07) is 0. The van der Waals surface area contributed by atoms with Gasteiger partial charge in [0.1, 0.15) is 0 Å². The first-order chi connectivity index (χ1) is 3.42. The van der Waals surface area contributed by atoms with E-state index in [1.165, 1.54) is 0 Å². The number of aliphatic hydroxyl groups is 1. The predicted octanol–water partition coefficient (Wildman–Crippen LogP) is 1.35. The van der Waals surface area contributed by atoms with Crippen LogP contribution in [0.1, 0.15) is 0 Å². The SMILES string of the molecule is OC(F)(F)C=C(F)F. The normalized spacial score (nSPS) is 11.1. The van der Waals surface area contributed by atoms with Crippen LogP contribution in [-0.2, 0) is 0 Å². The minimum absolute atomic E-state index is 0.840. The lowest BCUT2D eigenvalue weighted by atomic mass is 10.6. The van der Waals surface area contributed by atoms with Crippen LogP contribution in [0.3, 0.4) is 0 Å². The van der Waals surface area contributed by atoms with E-state index in [4.69, 9.17) is 5.11 Å². The zero-order valence-electron chi connectivity index (χ0n) is 3.54. The van der Waals surface area contributed by atoms with Gasteiger partial charge in [0.15, 0.2) is 0 Å². The van der Waals surface area contributed by atoms with E-state index in [0.717, 1.165) is 0 Å². The van der Waals surface area contributed by atoms with Crippen molar-refractivity contribution in [2.45, 2.75) is 6.11 Å². The lowest BCUT2D eigenvalue weighted by Crippen LogP contribution is -2.09. The highest BCUT2D eigenvalue weighted by Gasteiger charge is 2.21. The van der Waals surface area contributed by atoms with Crippen LogP contribution in [0.2, 0.25) is 0 Å². The van der Waals surface area contributed by atoms with Crippen molar-refractivity contribution in [3.8, 4) is 0 Å². The topological polar surface area (TPSA) is 20.2 Å². The van der Waals surface area contributed by atoms with E-state index in [0.29, 0.717) is 0 Å². The number of alkyl halides is 2. The molecule has 0 spiro atoms. The molecule has 5 heteroatoms. The molecular weight excluding hydrogens is 128 g/mol. The lowest BCUT2D eigenvalue weighted by molar-refractivity contribution is -0.156. The molecule has 0 aromatic heterocycles. The summed E-state index contributed by atoms with van der Waals surface area (Å²) in [6.07, 6.45) is -7.83. The Labute approximate surface area is 42.2 Å². The maximum atomic E-state index is 11.0. The average Bonchev–Trinajstić information content (AvgIpc) is 1.21. The maximum Gasteiger partial charge on any atom is 0.379 e. The van der Waals surface area contributed by atoms with Crippen LogP contribution < -0.4 is 0 Å². The van der Waals surface area contributed by atoms with Gasteiger partial charge >= 0.3 is 6.11 Å². The summed E-state index contributed by atoms with van der Waals surface area (Å²) in [5.74, 6) is 0. The molecule has 0 fully saturated rings. The fourth-order valence-electron chi connectivity index (χ4n) is 0.131. The zero-order chi connectivity index (χ0) is 6.78. The molecule has 0 atom stereocenters. The molecule has 0 aliphatic heterocycles. The van der Waals surface area contributed by atoms with Crippen LogP contribution in [0, 0.1) is 0 Å². The quantitative estimate of drug-likeness (QED) is 0.531. The van der Waals surface area contributed by atoms with E-state index in [1.807, 2.05) is 0 Å². The second kappa shape index (κ2) is 2.13. The average molecular weight is 130 g/mol. The Balaban J connectivity index is 3.89. The van der Waals surface area contributed by atoms with Gasteiger partial charge in [-0.05, 0) is 0 Å². The van der Waals surface area contributed by atoms with E-state index in [1.54, 1.807) is 0 Å². The Hall–Kier alpha value is -0.580. The van der Waals surface area contributed by atoms with Gasteiger partial charge in [0.25, 0.3) is 6.08 Å². The van der Waals surface area contributed by atoms with Gasteiger partial charge in [-0.25, -0.2) is 0 Å². The summed E-state index contributed by atoms with van der Waals surface area (Å²) in [5, 5.41) is 7.30. The summed E-state index contributed by atoms with van der Waals surface area (Å²) < 4.78 is 43.4. The molecule has 0 aromatic carbocycles. The standard InChI is InChI=1S/C3H2F4O/c4-2(5)1-3(6,7)8/h1,8H. The van der Waals surface area contributed by atoms with Gasteiger partial charge in [-0.3, -0.25) is 0 Å². The first-order valence-electron chi connectivity index (χ1n) is 1.56. The van der Waals surface area contributed by atoms with Crippen molar-refractivity contribution in [3.63, 3.8) is 0 Å². The van der Waals surface area contributed by atoms with Gasteiger partial charge in [-0.2, -0.15) is 17.6 Å². The van der Waals surface area contributed by atoms with Crippen molar-refractivity contribution >= 4 is 0 Å². The Morgan fingerprint density at radius 1 is 1.38 bits per heavy atom. The molecule has 0 saturated heterocycles. The molecule has 1 N–H and O–H groups in total. The lowest BCUT2D eigenvalue weighted by Gasteiger charge is -1.97. The van der Waals surface area contributed by atoms with Crippen molar-refractivity contribution in [1.82, 2.24) is 0 Å². The molecule has 0 amide bonds. The molecule has 48 valence electrons.